The summed E-state index contributed by atoms with van der Waals surface area (Å²) in [5.41, 5.74) is 0. The van der Waals surface area contributed by atoms with Gasteiger partial charge in [-0.2, -0.15) is 4.98 Å². The molecule has 0 fully saturated rings. The molecular weight excluding hydrogens is 245 g/mol. The van der Waals surface area contributed by atoms with Crippen molar-refractivity contribution in [2.24, 2.45) is 0 Å². The van der Waals surface area contributed by atoms with Crippen LogP contribution in [0.25, 0.3) is 0 Å². The standard InChI is InChI=1S/C11H11ClFN3O/c1-7(5-8-3-2-4-17-8)15-10-9(13)6-14-11(12)16-10/h2-4,6-7H,5H2,1H3,(H,14,15,16). The van der Waals surface area contributed by atoms with Crippen molar-refractivity contribution < 1.29 is 8.81 Å². The molecule has 4 nitrogen and oxygen atoms in total. The van der Waals surface area contributed by atoms with Crippen molar-refractivity contribution in [1.82, 2.24) is 9.97 Å². The first-order valence-electron chi connectivity index (χ1n) is 5.12. The molecule has 2 aromatic rings. The number of hydrogen-bond donors (Lipinski definition) is 1. The summed E-state index contributed by atoms with van der Waals surface area (Å²) >= 11 is 5.60. The first-order chi connectivity index (χ1) is 8.15. The zero-order valence-electron chi connectivity index (χ0n) is 9.15. The molecule has 6 heteroatoms. The minimum Gasteiger partial charge on any atom is -0.469 e. The highest BCUT2D eigenvalue weighted by molar-refractivity contribution is 6.28. The van der Waals surface area contributed by atoms with Crippen LogP contribution in [0.2, 0.25) is 5.28 Å². The molecule has 1 atom stereocenters. The predicted octanol–water partition coefficient (Wildman–Crippen LogP) is 2.91. The van der Waals surface area contributed by atoms with Gasteiger partial charge in [-0.1, -0.05) is 0 Å². The average molecular weight is 256 g/mol. The molecule has 2 rings (SSSR count). The summed E-state index contributed by atoms with van der Waals surface area (Å²) in [6.07, 6.45) is 3.27. The van der Waals surface area contributed by atoms with Crippen LogP contribution in [0.4, 0.5) is 10.2 Å². The maximum Gasteiger partial charge on any atom is 0.224 e. The van der Waals surface area contributed by atoms with Crippen molar-refractivity contribution in [2.45, 2.75) is 19.4 Å². The third kappa shape index (κ3) is 3.17. The van der Waals surface area contributed by atoms with Crippen LogP contribution in [0.1, 0.15) is 12.7 Å². The van der Waals surface area contributed by atoms with E-state index in [4.69, 9.17) is 16.0 Å². The van der Waals surface area contributed by atoms with E-state index >= 15 is 0 Å². The molecule has 0 radical (unpaired) electrons. The van der Waals surface area contributed by atoms with Crippen molar-refractivity contribution in [3.8, 4) is 0 Å². The second-order valence-corrected chi connectivity index (χ2v) is 4.00. The van der Waals surface area contributed by atoms with E-state index in [1.54, 1.807) is 6.26 Å². The van der Waals surface area contributed by atoms with Crippen molar-refractivity contribution in [1.29, 1.82) is 0 Å². The monoisotopic (exact) mass is 255 g/mol. The fourth-order valence-electron chi connectivity index (χ4n) is 1.46. The van der Waals surface area contributed by atoms with Crippen LogP contribution in [-0.2, 0) is 6.42 Å². The van der Waals surface area contributed by atoms with Crippen LogP contribution in [-0.4, -0.2) is 16.0 Å². The Morgan fingerprint density at radius 2 is 2.41 bits per heavy atom. The van der Waals surface area contributed by atoms with Gasteiger partial charge in [-0.3, -0.25) is 0 Å². The third-order valence-electron chi connectivity index (χ3n) is 2.19. The molecule has 2 aromatic heterocycles. The minimum atomic E-state index is -0.527. The Morgan fingerprint density at radius 3 is 3.12 bits per heavy atom. The van der Waals surface area contributed by atoms with E-state index in [1.807, 2.05) is 19.1 Å². The number of rotatable bonds is 4. The van der Waals surface area contributed by atoms with Gasteiger partial charge in [0.25, 0.3) is 0 Å². The van der Waals surface area contributed by atoms with Gasteiger partial charge in [-0.25, -0.2) is 9.37 Å². The van der Waals surface area contributed by atoms with Crippen LogP contribution >= 0.6 is 11.6 Å². The Labute approximate surface area is 103 Å². The number of nitrogens with zero attached hydrogens (tertiary/aromatic N) is 2. The maximum absolute atomic E-state index is 13.3. The number of halogens is 2. The van der Waals surface area contributed by atoms with Crippen LogP contribution in [0, 0.1) is 5.82 Å². The summed E-state index contributed by atoms with van der Waals surface area (Å²) in [6.45, 7) is 1.90. The summed E-state index contributed by atoms with van der Waals surface area (Å²) < 4.78 is 18.5. The number of aromatic nitrogens is 2. The SMILES string of the molecule is CC(Cc1ccco1)Nc1nc(Cl)ncc1F. The van der Waals surface area contributed by atoms with E-state index in [2.05, 4.69) is 15.3 Å². The topological polar surface area (TPSA) is 51.0 Å². The molecule has 17 heavy (non-hydrogen) atoms. The molecule has 0 aliphatic carbocycles. The maximum atomic E-state index is 13.3. The van der Waals surface area contributed by atoms with E-state index < -0.39 is 5.82 Å². The molecule has 1 unspecified atom stereocenters. The first-order valence-corrected chi connectivity index (χ1v) is 5.50. The number of hydrogen-bond acceptors (Lipinski definition) is 4. The number of anilines is 1. The Hall–Kier alpha value is -1.62. The lowest BCUT2D eigenvalue weighted by atomic mass is 10.2. The summed E-state index contributed by atoms with van der Waals surface area (Å²) in [5, 5.41) is 2.93. The molecule has 0 bridgehead atoms. The summed E-state index contributed by atoms with van der Waals surface area (Å²) in [6, 6.07) is 3.65. The van der Waals surface area contributed by atoms with Gasteiger partial charge in [0.05, 0.1) is 12.5 Å². The highest BCUT2D eigenvalue weighted by atomic mass is 35.5. The van der Waals surface area contributed by atoms with Gasteiger partial charge in [-0.05, 0) is 30.7 Å². The summed E-state index contributed by atoms with van der Waals surface area (Å²) in [4.78, 5) is 7.32. The third-order valence-corrected chi connectivity index (χ3v) is 2.37. The molecule has 0 spiro atoms. The van der Waals surface area contributed by atoms with Gasteiger partial charge in [0.15, 0.2) is 11.6 Å². The zero-order chi connectivity index (χ0) is 12.3. The average Bonchev–Trinajstić information content (AvgIpc) is 2.76. The molecular formula is C11H11ClFN3O. The highest BCUT2D eigenvalue weighted by Gasteiger charge is 2.10. The predicted molar refractivity (Wildman–Crippen MR) is 62.5 cm³/mol. The Bertz CT molecular complexity index is 489. The largest absolute Gasteiger partial charge is 0.469 e. The fourth-order valence-corrected chi connectivity index (χ4v) is 1.60. The molecule has 0 aliphatic heterocycles. The van der Waals surface area contributed by atoms with Gasteiger partial charge >= 0.3 is 0 Å². The van der Waals surface area contributed by atoms with E-state index in [9.17, 15) is 4.39 Å². The Kier molecular flexibility index (Phi) is 3.58. The zero-order valence-corrected chi connectivity index (χ0v) is 9.91. The quantitative estimate of drug-likeness (QED) is 0.854. The van der Waals surface area contributed by atoms with E-state index in [0.29, 0.717) is 6.42 Å². The fraction of sp³-hybridized carbons (Fsp3) is 0.273. The van der Waals surface area contributed by atoms with Crippen LogP contribution < -0.4 is 5.32 Å². The molecule has 0 saturated heterocycles. The molecule has 0 amide bonds. The summed E-state index contributed by atoms with van der Waals surface area (Å²) in [7, 11) is 0. The van der Waals surface area contributed by atoms with Crippen molar-refractivity contribution in [2.75, 3.05) is 5.32 Å². The Morgan fingerprint density at radius 1 is 1.59 bits per heavy atom. The van der Waals surface area contributed by atoms with Gasteiger partial charge < -0.3 is 9.73 Å². The van der Waals surface area contributed by atoms with Crippen molar-refractivity contribution in [3.05, 3.63) is 41.5 Å². The van der Waals surface area contributed by atoms with Gasteiger partial charge in [0.2, 0.25) is 5.28 Å². The second kappa shape index (κ2) is 5.14. The minimum absolute atomic E-state index is 0.0131. The van der Waals surface area contributed by atoms with Crippen molar-refractivity contribution >= 4 is 17.4 Å². The highest BCUT2D eigenvalue weighted by Crippen LogP contribution is 2.14. The first kappa shape index (κ1) is 11.9. The molecule has 1 N–H and O–H groups in total. The van der Waals surface area contributed by atoms with Crippen LogP contribution in [0.3, 0.4) is 0 Å². The summed E-state index contributed by atoms with van der Waals surface area (Å²) in [5.74, 6) is 0.398. The lowest BCUT2D eigenvalue weighted by molar-refractivity contribution is 0.496. The van der Waals surface area contributed by atoms with Gasteiger partial charge in [0.1, 0.15) is 5.76 Å². The molecule has 0 aromatic carbocycles. The lowest BCUT2D eigenvalue weighted by Crippen LogP contribution is -2.19. The van der Waals surface area contributed by atoms with Gasteiger partial charge in [0, 0.05) is 12.5 Å². The van der Waals surface area contributed by atoms with E-state index in [1.165, 1.54) is 0 Å². The molecule has 0 aliphatic rings. The number of nitrogens with one attached hydrogen (secondary N) is 1. The lowest BCUT2D eigenvalue weighted by Gasteiger charge is -2.13. The van der Waals surface area contributed by atoms with Crippen molar-refractivity contribution in [3.63, 3.8) is 0 Å². The van der Waals surface area contributed by atoms with Crippen LogP contribution in [0.15, 0.2) is 29.0 Å². The molecule has 2 heterocycles. The molecule has 0 saturated carbocycles. The number of furan rings is 1. The van der Waals surface area contributed by atoms with Gasteiger partial charge in [-0.15, -0.1) is 0 Å². The molecule has 90 valence electrons. The van der Waals surface area contributed by atoms with Crippen LogP contribution in [0.5, 0.6) is 0 Å². The Balaban J connectivity index is 2.02. The van der Waals surface area contributed by atoms with E-state index in [-0.39, 0.29) is 17.1 Å². The van der Waals surface area contributed by atoms with E-state index in [0.717, 1.165) is 12.0 Å². The normalized spacial score (nSPS) is 12.4. The smallest absolute Gasteiger partial charge is 0.224 e. The second-order valence-electron chi connectivity index (χ2n) is 3.66.